The molecule has 0 aliphatic carbocycles. The second-order valence-corrected chi connectivity index (χ2v) is 9.07. The Morgan fingerprint density at radius 1 is 1.03 bits per heavy atom. The highest BCUT2D eigenvalue weighted by Crippen LogP contribution is 2.37. The van der Waals surface area contributed by atoms with Gasteiger partial charge in [0.05, 0.1) is 24.4 Å². The molecule has 0 bridgehead atoms. The van der Waals surface area contributed by atoms with Gasteiger partial charge < -0.3 is 14.6 Å². The molecule has 180 valence electrons. The lowest BCUT2D eigenvalue weighted by atomic mass is 10.0. The third kappa shape index (κ3) is 3.40. The molecule has 2 aromatic carbocycles. The maximum atomic E-state index is 14.6. The number of aromatic nitrogens is 6. The molecule has 2 aliphatic heterocycles. The van der Waals surface area contributed by atoms with Gasteiger partial charge in [0.1, 0.15) is 23.2 Å². The topological polar surface area (TPSA) is 84.2 Å². The van der Waals surface area contributed by atoms with Gasteiger partial charge in [-0.3, -0.25) is 0 Å². The summed E-state index contributed by atoms with van der Waals surface area (Å²) in [4.78, 5) is 10.1. The van der Waals surface area contributed by atoms with E-state index in [1.807, 2.05) is 29.3 Å². The summed E-state index contributed by atoms with van der Waals surface area (Å²) >= 11 is 0. The molecule has 1 saturated heterocycles. The van der Waals surface area contributed by atoms with E-state index < -0.39 is 11.6 Å². The molecule has 1 atom stereocenters. The first kappa shape index (κ1) is 21.0. The van der Waals surface area contributed by atoms with Gasteiger partial charge in [-0.05, 0) is 48.7 Å². The second kappa shape index (κ2) is 8.11. The van der Waals surface area contributed by atoms with Crippen LogP contribution in [0.2, 0.25) is 0 Å². The molecular formula is C26H21F2N7O. The molecule has 7 rings (SSSR count). The van der Waals surface area contributed by atoms with Crippen LogP contribution in [0.5, 0.6) is 5.75 Å². The van der Waals surface area contributed by atoms with Crippen molar-refractivity contribution in [1.82, 2.24) is 29.8 Å². The summed E-state index contributed by atoms with van der Waals surface area (Å²) in [6.07, 6.45) is 5.99. The molecule has 0 radical (unpaired) electrons. The van der Waals surface area contributed by atoms with Gasteiger partial charge in [0.15, 0.2) is 17.3 Å². The van der Waals surface area contributed by atoms with Gasteiger partial charge in [-0.2, -0.15) is 5.10 Å². The smallest absolute Gasteiger partial charge is 0.168 e. The maximum Gasteiger partial charge on any atom is 0.168 e. The number of nitrogens with zero attached hydrogens (tertiary/aromatic N) is 6. The van der Waals surface area contributed by atoms with Crippen LogP contribution in [0.25, 0.3) is 28.4 Å². The van der Waals surface area contributed by atoms with Gasteiger partial charge in [0.25, 0.3) is 0 Å². The molecule has 8 nitrogen and oxygen atoms in total. The summed E-state index contributed by atoms with van der Waals surface area (Å²) in [6.45, 7) is 1.39. The van der Waals surface area contributed by atoms with Crippen LogP contribution in [0.3, 0.4) is 0 Å². The molecule has 0 spiro atoms. The lowest BCUT2D eigenvalue weighted by Gasteiger charge is -2.26. The summed E-state index contributed by atoms with van der Waals surface area (Å²) < 4.78 is 35.8. The first-order valence-corrected chi connectivity index (χ1v) is 11.9. The van der Waals surface area contributed by atoms with E-state index in [-0.39, 0.29) is 6.04 Å². The van der Waals surface area contributed by atoms with E-state index >= 15 is 0 Å². The number of ether oxygens (including phenoxy) is 1. The van der Waals surface area contributed by atoms with Gasteiger partial charge in [0, 0.05) is 30.3 Å². The molecule has 36 heavy (non-hydrogen) atoms. The first-order valence-electron chi connectivity index (χ1n) is 11.9. The van der Waals surface area contributed by atoms with Gasteiger partial charge in [-0.15, -0.1) is 10.2 Å². The van der Waals surface area contributed by atoms with Crippen molar-refractivity contribution in [3.8, 4) is 28.5 Å². The highest BCUT2D eigenvalue weighted by molar-refractivity contribution is 5.74. The average molecular weight is 485 g/mol. The zero-order valence-corrected chi connectivity index (χ0v) is 19.2. The van der Waals surface area contributed by atoms with Crippen LogP contribution in [0.4, 0.5) is 14.6 Å². The van der Waals surface area contributed by atoms with Crippen LogP contribution in [-0.4, -0.2) is 42.9 Å². The lowest BCUT2D eigenvalue weighted by Crippen LogP contribution is -2.24. The summed E-state index contributed by atoms with van der Waals surface area (Å²) in [5.74, 6) is 1.86. The van der Waals surface area contributed by atoms with Crippen LogP contribution < -0.4 is 9.64 Å². The summed E-state index contributed by atoms with van der Waals surface area (Å²) in [5.41, 5.74) is 3.72. The van der Waals surface area contributed by atoms with Crippen molar-refractivity contribution in [3.05, 3.63) is 77.6 Å². The van der Waals surface area contributed by atoms with Crippen LogP contribution >= 0.6 is 0 Å². The molecule has 1 fully saturated rings. The van der Waals surface area contributed by atoms with Gasteiger partial charge >= 0.3 is 0 Å². The van der Waals surface area contributed by atoms with E-state index in [1.54, 1.807) is 10.7 Å². The van der Waals surface area contributed by atoms with E-state index in [4.69, 9.17) is 9.72 Å². The minimum Gasteiger partial charge on any atom is -0.493 e. The molecule has 10 heteroatoms. The Balaban J connectivity index is 1.24. The zero-order chi connectivity index (χ0) is 24.2. The molecular weight excluding hydrogens is 464 g/mol. The Morgan fingerprint density at radius 2 is 1.94 bits per heavy atom. The zero-order valence-electron chi connectivity index (χ0n) is 19.2. The number of halogens is 2. The van der Waals surface area contributed by atoms with Gasteiger partial charge in [0.2, 0.25) is 0 Å². The monoisotopic (exact) mass is 485 g/mol. The van der Waals surface area contributed by atoms with Crippen molar-refractivity contribution in [1.29, 1.82) is 0 Å². The summed E-state index contributed by atoms with van der Waals surface area (Å²) in [5, 5.41) is 13.1. The molecule has 0 amide bonds. The number of nitrogens with one attached hydrogen (secondary N) is 1. The van der Waals surface area contributed by atoms with E-state index in [9.17, 15) is 8.78 Å². The number of hydrogen-bond donors (Lipinski definition) is 1. The maximum absolute atomic E-state index is 14.6. The minimum absolute atomic E-state index is 0.291. The van der Waals surface area contributed by atoms with Crippen molar-refractivity contribution in [3.63, 3.8) is 0 Å². The molecule has 5 heterocycles. The molecule has 2 aliphatic rings. The fraction of sp³-hybridized carbons (Fsp3) is 0.231. The quantitative estimate of drug-likeness (QED) is 0.396. The second-order valence-electron chi connectivity index (χ2n) is 9.07. The van der Waals surface area contributed by atoms with Crippen molar-refractivity contribution < 1.29 is 13.5 Å². The fourth-order valence-corrected chi connectivity index (χ4v) is 5.15. The van der Waals surface area contributed by atoms with Crippen molar-refractivity contribution >= 4 is 11.5 Å². The number of fused-ring (bicyclic) bond motifs is 2. The standard InChI is InChI=1S/C26H21F2N7O/c27-17-5-6-20(28)18(13-17)21-2-1-9-34(21)23-7-10-35-26(30-23)19(14-29-35)25-31-24(32-33-25)16-4-3-15-8-11-36-22(15)12-16/h3-7,10,12-14,21H,1-2,8-9,11H2,(H,31,32,33)/t21-/m1/s1. The number of aromatic amines is 1. The first-order chi connectivity index (χ1) is 17.6. The van der Waals surface area contributed by atoms with Crippen LogP contribution in [-0.2, 0) is 6.42 Å². The third-order valence-electron chi connectivity index (χ3n) is 6.93. The average Bonchev–Trinajstić information content (AvgIpc) is 3.70. The molecule has 5 aromatic rings. The van der Waals surface area contributed by atoms with E-state index in [2.05, 4.69) is 26.3 Å². The van der Waals surface area contributed by atoms with E-state index in [0.29, 0.717) is 47.4 Å². The van der Waals surface area contributed by atoms with Crippen molar-refractivity contribution in [2.45, 2.75) is 25.3 Å². The largest absolute Gasteiger partial charge is 0.493 e. The fourth-order valence-electron chi connectivity index (χ4n) is 5.15. The van der Waals surface area contributed by atoms with Gasteiger partial charge in [-0.25, -0.2) is 18.3 Å². The van der Waals surface area contributed by atoms with Crippen molar-refractivity contribution in [2.24, 2.45) is 0 Å². The summed E-state index contributed by atoms with van der Waals surface area (Å²) in [7, 11) is 0. The number of H-pyrrole nitrogens is 1. The molecule has 1 N–H and O–H groups in total. The molecule has 0 saturated carbocycles. The molecule has 3 aromatic heterocycles. The summed E-state index contributed by atoms with van der Waals surface area (Å²) in [6, 6.07) is 11.2. The Bertz CT molecular complexity index is 1610. The number of hydrogen-bond acceptors (Lipinski definition) is 6. The Kier molecular flexibility index (Phi) is 4.73. The van der Waals surface area contributed by atoms with Gasteiger partial charge in [-0.1, -0.05) is 12.1 Å². The Morgan fingerprint density at radius 3 is 2.89 bits per heavy atom. The number of benzene rings is 2. The third-order valence-corrected chi connectivity index (χ3v) is 6.93. The van der Waals surface area contributed by atoms with Crippen LogP contribution in [0.15, 0.2) is 54.9 Å². The van der Waals surface area contributed by atoms with Crippen molar-refractivity contribution in [2.75, 3.05) is 18.1 Å². The van der Waals surface area contributed by atoms with E-state index in [0.717, 1.165) is 36.6 Å². The predicted octanol–water partition coefficient (Wildman–Crippen LogP) is 4.74. The number of rotatable bonds is 4. The Hall–Kier alpha value is -4.34. The van der Waals surface area contributed by atoms with Crippen LogP contribution in [0, 0.1) is 11.6 Å². The van der Waals surface area contributed by atoms with Crippen LogP contribution in [0.1, 0.15) is 30.0 Å². The SMILES string of the molecule is Fc1ccc(F)c([C@H]2CCCN2c2ccn3ncc(-c4nnc(-c5ccc6c(c5)OCC6)[nH]4)c3n2)c1. The predicted molar refractivity (Wildman–Crippen MR) is 129 cm³/mol. The van der Waals surface area contributed by atoms with E-state index in [1.165, 1.54) is 17.7 Å². The number of anilines is 1. The lowest BCUT2D eigenvalue weighted by molar-refractivity contribution is 0.357. The minimum atomic E-state index is -0.448. The molecule has 0 unspecified atom stereocenters. The highest BCUT2D eigenvalue weighted by Gasteiger charge is 2.30. The Labute approximate surface area is 204 Å². The normalized spacial score (nSPS) is 17.1. The highest BCUT2D eigenvalue weighted by atomic mass is 19.1.